The van der Waals surface area contributed by atoms with E-state index in [2.05, 4.69) is 26.8 Å². The first kappa shape index (κ1) is 19.8. The van der Waals surface area contributed by atoms with Gasteiger partial charge in [-0.25, -0.2) is 9.97 Å². The SMILES string of the molecule is C=CCNC(=O)c1ccccc1NC(=O)c1cc(C)nc2c1nc1n2CCCCC1. The highest BCUT2D eigenvalue weighted by Crippen LogP contribution is 2.25. The molecule has 0 fully saturated rings. The number of benzene rings is 1. The van der Waals surface area contributed by atoms with Crippen LogP contribution in [0.5, 0.6) is 0 Å². The van der Waals surface area contributed by atoms with Crippen LogP contribution in [0.25, 0.3) is 11.2 Å². The largest absolute Gasteiger partial charge is 0.349 e. The minimum absolute atomic E-state index is 0.268. The second kappa shape index (κ2) is 8.49. The second-order valence-corrected chi connectivity index (χ2v) is 7.47. The van der Waals surface area contributed by atoms with Crippen LogP contribution in [0.3, 0.4) is 0 Å². The summed E-state index contributed by atoms with van der Waals surface area (Å²) >= 11 is 0. The van der Waals surface area contributed by atoms with Gasteiger partial charge in [0.25, 0.3) is 11.8 Å². The zero-order valence-corrected chi connectivity index (χ0v) is 17.1. The van der Waals surface area contributed by atoms with Crippen LogP contribution in [0.2, 0.25) is 0 Å². The molecule has 3 heterocycles. The van der Waals surface area contributed by atoms with Crippen LogP contribution in [0.15, 0.2) is 43.0 Å². The maximum Gasteiger partial charge on any atom is 0.258 e. The van der Waals surface area contributed by atoms with Crippen molar-refractivity contribution in [2.24, 2.45) is 0 Å². The number of nitrogens with one attached hydrogen (secondary N) is 2. The fraction of sp³-hybridized carbons (Fsp3) is 0.304. The summed E-state index contributed by atoms with van der Waals surface area (Å²) in [6.45, 7) is 6.71. The third-order valence-corrected chi connectivity index (χ3v) is 5.26. The molecule has 0 radical (unpaired) electrons. The van der Waals surface area contributed by atoms with Gasteiger partial charge >= 0.3 is 0 Å². The number of imidazole rings is 1. The van der Waals surface area contributed by atoms with Crippen molar-refractivity contribution in [3.63, 3.8) is 0 Å². The summed E-state index contributed by atoms with van der Waals surface area (Å²) in [6, 6.07) is 8.70. The van der Waals surface area contributed by atoms with Gasteiger partial charge in [-0.2, -0.15) is 0 Å². The molecule has 1 aliphatic rings. The minimum Gasteiger partial charge on any atom is -0.349 e. The van der Waals surface area contributed by atoms with Crippen LogP contribution in [-0.2, 0) is 13.0 Å². The number of rotatable bonds is 5. The number of hydrogen-bond donors (Lipinski definition) is 2. The predicted molar refractivity (Wildman–Crippen MR) is 117 cm³/mol. The predicted octanol–water partition coefficient (Wildman–Crippen LogP) is 3.63. The molecule has 154 valence electrons. The van der Waals surface area contributed by atoms with Crippen LogP contribution in [0.4, 0.5) is 5.69 Å². The Balaban J connectivity index is 1.70. The molecule has 0 saturated carbocycles. The molecule has 7 nitrogen and oxygen atoms in total. The quantitative estimate of drug-likeness (QED) is 0.637. The molecule has 3 aromatic rings. The zero-order valence-electron chi connectivity index (χ0n) is 17.1. The average Bonchev–Trinajstić information content (AvgIpc) is 2.92. The lowest BCUT2D eigenvalue weighted by Gasteiger charge is -2.11. The highest BCUT2D eigenvalue weighted by molar-refractivity contribution is 6.13. The van der Waals surface area contributed by atoms with E-state index in [4.69, 9.17) is 4.98 Å². The highest BCUT2D eigenvalue weighted by atomic mass is 16.2. The van der Waals surface area contributed by atoms with Gasteiger partial charge in [-0.15, -0.1) is 6.58 Å². The molecule has 0 bridgehead atoms. The minimum atomic E-state index is -0.303. The second-order valence-electron chi connectivity index (χ2n) is 7.47. The Kier molecular flexibility index (Phi) is 5.61. The lowest BCUT2D eigenvalue weighted by atomic mass is 10.1. The Bertz CT molecular complexity index is 1130. The number of aromatic nitrogens is 3. The van der Waals surface area contributed by atoms with Gasteiger partial charge in [0.1, 0.15) is 11.3 Å². The van der Waals surface area contributed by atoms with E-state index in [1.54, 1.807) is 36.4 Å². The summed E-state index contributed by atoms with van der Waals surface area (Å²) in [7, 11) is 0. The molecule has 0 atom stereocenters. The zero-order chi connectivity index (χ0) is 21.1. The van der Waals surface area contributed by atoms with E-state index in [1.165, 1.54) is 6.42 Å². The van der Waals surface area contributed by atoms with Crippen molar-refractivity contribution in [3.05, 3.63) is 65.6 Å². The number of fused-ring (bicyclic) bond motifs is 3. The maximum absolute atomic E-state index is 13.2. The molecule has 1 aromatic carbocycles. The molecule has 0 aliphatic carbocycles. The molecule has 2 amide bonds. The van der Waals surface area contributed by atoms with E-state index < -0.39 is 0 Å². The number of hydrogen-bond acceptors (Lipinski definition) is 4. The Morgan fingerprint density at radius 2 is 1.97 bits per heavy atom. The fourth-order valence-corrected chi connectivity index (χ4v) is 3.83. The van der Waals surface area contributed by atoms with Gasteiger partial charge in [0.15, 0.2) is 5.65 Å². The van der Waals surface area contributed by atoms with Gasteiger partial charge in [-0.3, -0.25) is 9.59 Å². The van der Waals surface area contributed by atoms with Crippen molar-refractivity contribution < 1.29 is 9.59 Å². The van der Waals surface area contributed by atoms with E-state index in [0.29, 0.717) is 28.9 Å². The van der Waals surface area contributed by atoms with Crippen molar-refractivity contribution in [2.75, 3.05) is 11.9 Å². The number of nitrogens with zero attached hydrogens (tertiary/aromatic N) is 3. The van der Waals surface area contributed by atoms with E-state index in [-0.39, 0.29) is 11.8 Å². The maximum atomic E-state index is 13.2. The normalized spacial score (nSPS) is 13.4. The van der Waals surface area contributed by atoms with Gasteiger partial charge in [-0.05, 0) is 38.0 Å². The average molecular weight is 403 g/mol. The number of aryl methyl sites for hydroxylation is 3. The molecule has 2 N–H and O–H groups in total. The summed E-state index contributed by atoms with van der Waals surface area (Å²) in [5, 5.41) is 5.64. The van der Waals surface area contributed by atoms with Crippen molar-refractivity contribution in [3.8, 4) is 0 Å². The Morgan fingerprint density at radius 1 is 1.13 bits per heavy atom. The van der Waals surface area contributed by atoms with Gasteiger partial charge < -0.3 is 15.2 Å². The third kappa shape index (κ3) is 3.83. The van der Waals surface area contributed by atoms with E-state index in [9.17, 15) is 9.59 Å². The van der Waals surface area contributed by atoms with E-state index >= 15 is 0 Å². The van der Waals surface area contributed by atoms with Gasteiger partial charge in [0, 0.05) is 25.2 Å². The molecular weight excluding hydrogens is 378 g/mol. The first-order chi connectivity index (χ1) is 14.6. The van der Waals surface area contributed by atoms with Crippen LogP contribution < -0.4 is 10.6 Å². The lowest BCUT2D eigenvalue weighted by molar-refractivity contribution is 0.0959. The molecule has 2 aromatic heterocycles. The lowest BCUT2D eigenvalue weighted by Crippen LogP contribution is -2.25. The molecule has 0 saturated heterocycles. The molecular formula is C23H25N5O2. The standard InChI is InChI=1S/C23H25N5O2/c1-3-12-24-22(29)16-9-6-7-10-18(16)26-23(30)17-14-15(2)25-21-20(17)27-19-11-5-4-8-13-28(19)21/h3,6-7,9-10,14H,1,4-5,8,11-13H2,2H3,(H,24,29)(H,26,30). The summed E-state index contributed by atoms with van der Waals surface area (Å²) in [6.07, 6.45) is 5.86. The summed E-state index contributed by atoms with van der Waals surface area (Å²) in [5.41, 5.74) is 3.46. The summed E-state index contributed by atoms with van der Waals surface area (Å²) in [4.78, 5) is 35.1. The van der Waals surface area contributed by atoms with Crippen LogP contribution in [0.1, 0.15) is 51.5 Å². The number of para-hydroxylation sites is 1. The fourth-order valence-electron chi connectivity index (χ4n) is 3.83. The number of pyridine rings is 1. The highest BCUT2D eigenvalue weighted by Gasteiger charge is 2.22. The van der Waals surface area contributed by atoms with Crippen molar-refractivity contribution >= 4 is 28.7 Å². The number of carbonyl (C=O) groups excluding carboxylic acids is 2. The van der Waals surface area contributed by atoms with E-state index in [1.807, 2.05) is 6.92 Å². The van der Waals surface area contributed by atoms with Crippen molar-refractivity contribution in [1.82, 2.24) is 19.9 Å². The van der Waals surface area contributed by atoms with Crippen molar-refractivity contribution in [2.45, 2.75) is 39.2 Å². The van der Waals surface area contributed by atoms with E-state index in [0.717, 1.165) is 43.0 Å². The van der Waals surface area contributed by atoms with Crippen LogP contribution in [0, 0.1) is 6.92 Å². The molecule has 7 heteroatoms. The number of anilines is 1. The topological polar surface area (TPSA) is 88.9 Å². The number of amides is 2. The first-order valence-electron chi connectivity index (χ1n) is 10.2. The van der Waals surface area contributed by atoms with Gasteiger partial charge in [0.05, 0.1) is 16.8 Å². The first-order valence-corrected chi connectivity index (χ1v) is 10.2. The molecule has 4 rings (SSSR count). The smallest absolute Gasteiger partial charge is 0.258 e. The molecule has 30 heavy (non-hydrogen) atoms. The Morgan fingerprint density at radius 3 is 2.80 bits per heavy atom. The van der Waals surface area contributed by atoms with Crippen molar-refractivity contribution in [1.29, 1.82) is 0 Å². The monoisotopic (exact) mass is 403 g/mol. The Hall–Kier alpha value is -3.48. The summed E-state index contributed by atoms with van der Waals surface area (Å²) < 4.78 is 2.14. The van der Waals surface area contributed by atoms with Gasteiger partial charge in [0.2, 0.25) is 0 Å². The van der Waals surface area contributed by atoms with Crippen LogP contribution >= 0.6 is 0 Å². The Labute approximate surface area is 175 Å². The number of carbonyl (C=O) groups is 2. The van der Waals surface area contributed by atoms with Crippen LogP contribution in [-0.4, -0.2) is 32.9 Å². The molecule has 1 aliphatic heterocycles. The van der Waals surface area contributed by atoms with Gasteiger partial charge in [-0.1, -0.05) is 24.6 Å². The summed E-state index contributed by atoms with van der Waals surface area (Å²) in [5.74, 6) is 0.414. The third-order valence-electron chi connectivity index (χ3n) is 5.26. The molecule has 0 unspecified atom stereocenters. The molecule has 0 spiro atoms.